The van der Waals surface area contributed by atoms with Crippen molar-refractivity contribution in [3.63, 3.8) is 0 Å². The number of carbonyl (C=O) groups excluding carboxylic acids is 4. The Morgan fingerprint density at radius 1 is 1.15 bits per heavy atom. The predicted octanol–water partition coefficient (Wildman–Crippen LogP) is 0.0117. The van der Waals surface area contributed by atoms with Crippen LogP contribution in [0.15, 0.2) is 41.4 Å². The molecule has 2 aliphatic rings. The molecule has 0 aromatic heterocycles. The average molecular weight is 598 g/mol. The van der Waals surface area contributed by atoms with Crippen molar-refractivity contribution in [2.75, 3.05) is 13.2 Å². The molecule has 1 aromatic rings. The number of ether oxygens (including phenoxy) is 1. The summed E-state index contributed by atoms with van der Waals surface area (Å²) < 4.78 is 5.68. The van der Waals surface area contributed by atoms with Gasteiger partial charge in [-0.3, -0.25) is 24.2 Å². The second-order valence-electron chi connectivity index (χ2n) is 9.01. The van der Waals surface area contributed by atoms with Crippen molar-refractivity contribution in [1.82, 2.24) is 16.0 Å². The van der Waals surface area contributed by atoms with Crippen LogP contribution in [-0.4, -0.2) is 66.5 Å². The molecule has 6 unspecified atom stereocenters. The number of carbonyl (C=O) groups is 4. The van der Waals surface area contributed by atoms with Crippen molar-refractivity contribution in [2.24, 2.45) is 22.2 Å². The maximum atomic E-state index is 13.4. The van der Waals surface area contributed by atoms with E-state index < -0.39 is 48.9 Å². The van der Waals surface area contributed by atoms with Gasteiger partial charge in [-0.05, 0) is 51.2 Å². The van der Waals surface area contributed by atoms with E-state index in [4.69, 9.17) is 21.9 Å². The highest BCUT2D eigenvalue weighted by Crippen LogP contribution is 2.56. The Morgan fingerprint density at radius 3 is 2.46 bits per heavy atom. The van der Waals surface area contributed by atoms with Crippen LogP contribution in [-0.2, 0) is 25.6 Å². The summed E-state index contributed by atoms with van der Waals surface area (Å²) in [7, 11) is 3.89. The third kappa shape index (κ3) is 11.6. The molecule has 0 fully saturated rings. The van der Waals surface area contributed by atoms with Crippen LogP contribution < -0.4 is 37.9 Å². The molecule has 6 atom stereocenters. The molecule has 2 heterocycles. The van der Waals surface area contributed by atoms with Crippen LogP contribution in [0.3, 0.4) is 0 Å². The van der Waals surface area contributed by atoms with Crippen molar-refractivity contribution in [2.45, 2.75) is 56.5 Å². The smallest absolute Gasteiger partial charge is 0.248 e. The summed E-state index contributed by atoms with van der Waals surface area (Å²) >= 11 is 0. The molecule has 0 spiro atoms. The van der Waals surface area contributed by atoms with Gasteiger partial charge in [0, 0.05) is 13.0 Å². The van der Waals surface area contributed by atoms with Gasteiger partial charge in [0.2, 0.25) is 17.7 Å². The van der Waals surface area contributed by atoms with Gasteiger partial charge < -0.3 is 37.9 Å². The standard InChI is InChI=1S/C24H38N7O5P3/c1-14(32)18(6-4-11-28-24(26)27)29-21(34)19-13-15-7-9-16(10-8-15)36-12-3-2-5-17(25)20(33)31-23(39(37)38)22(35)30-19/h2-3,7-10,17-19,23H,4-6,11-13,25,37-38H2,1H3,(H,29,34)(H,30,35)(H,31,33)(H4,26,27,28)/b3-2+. The fraction of sp³-hybridized carbons (Fsp3) is 0.458. The lowest BCUT2D eigenvalue weighted by molar-refractivity contribution is -0.132. The van der Waals surface area contributed by atoms with Crippen molar-refractivity contribution >= 4 is 54.6 Å². The van der Waals surface area contributed by atoms with Crippen LogP contribution >= 0.6 is 25.2 Å². The fourth-order valence-corrected chi connectivity index (χ4v) is 5.53. The molecule has 15 heteroatoms. The lowest BCUT2D eigenvalue weighted by atomic mass is 10.0. The van der Waals surface area contributed by atoms with Crippen molar-refractivity contribution in [3.8, 4) is 5.75 Å². The Hall–Kier alpha value is -2.64. The second kappa shape index (κ2) is 16.5. The number of rotatable bonds is 8. The number of nitrogens with zero attached hydrogens (tertiary/aromatic N) is 1. The Labute approximate surface area is 234 Å². The Balaban J connectivity index is 2.31. The van der Waals surface area contributed by atoms with Gasteiger partial charge >= 0.3 is 0 Å². The lowest BCUT2D eigenvalue weighted by Gasteiger charge is -2.27. The van der Waals surface area contributed by atoms with Crippen LogP contribution in [0.25, 0.3) is 0 Å². The third-order valence-electron chi connectivity index (χ3n) is 5.81. The number of hydrogen-bond acceptors (Lipinski definition) is 7. The molecule has 3 rings (SSSR count). The molecule has 0 saturated heterocycles. The zero-order valence-electron chi connectivity index (χ0n) is 21.8. The number of fused-ring (bicyclic) bond motifs is 13. The first-order valence-corrected chi connectivity index (χ1v) is 17.0. The van der Waals surface area contributed by atoms with E-state index in [0.29, 0.717) is 31.7 Å². The van der Waals surface area contributed by atoms with Crippen molar-refractivity contribution in [1.29, 1.82) is 0 Å². The minimum absolute atomic E-state index is 0.0544. The van der Waals surface area contributed by atoms with Crippen LogP contribution in [0.4, 0.5) is 0 Å². The first-order chi connectivity index (χ1) is 18.5. The molecule has 2 bridgehead atoms. The number of hydrogen-bond donors (Lipinski definition) is 6. The normalized spacial score (nSPS) is 22.0. The molecule has 0 aliphatic carbocycles. The van der Waals surface area contributed by atoms with Gasteiger partial charge in [-0.2, -0.15) is 0 Å². The molecular formula is C24H38N7O5P3. The molecule has 1 aromatic carbocycles. The number of Topliss-reactive ketones (excluding diaryl/α,β-unsaturated/α-hetero) is 1. The first-order valence-electron chi connectivity index (χ1n) is 12.4. The first kappa shape index (κ1) is 32.6. The quantitative estimate of drug-likeness (QED) is 0.0790. The maximum Gasteiger partial charge on any atom is 0.248 e. The van der Waals surface area contributed by atoms with Crippen molar-refractivity contribution in [3.05, 3.63) is 42.0 Å². The number of aliphatic imine (C=N–C) groups is 1. The van der Waals surface area contributed by atoms with E-state index >= 15 is 0 Å². The monoisotopic (exact) mass is 597 g/mol. The van der Waals surface area contributed by atoms with Crippen LogP contribution in [0.5, 0.6) is 5.75 Å². The predicted molar refractivity (Wildman–Crippen MR) is 160 cm³/mol. The van der Waals surface area contributed by atoms with Crippen LogP contribution in [0, 0.1) is 0 Å². The van der Waals surface area contributed by atoms with Crippen molar-refractivity contribution < 1.29 is 23.9 Å². The molecule has 39 heavy (non-hydrogen) atoms. The minimum Gasteiger partial charge on any atom is -0.490 e. The van der Waals surface area contributed by atoms with E-state index in [1.54, 1.807) is 36.4 Å². The highest BCUT2D eigenvalue weighted by atomic mass is 32.4. The number of ketones is 1. The highest BCUT2D eigenvalue weighted by Gasteiger charge is 2.31. The molecule has 0 saturated carbocycles. The molecule has 0 radical (unpaired) electrons. The molecule has 9 N–H and O–H groups in total. The fourth-order valence-electron chi connectivity index (χ4n) is 3.65. The summed E-state index contributed by atoms with van der Waals surface area (Å²) in [5.41, 5.74) is 17.5. The molecule has 214 valence electrons. The van der Waals surface area contributed by atoms with Gasteiger partial charge in [-0.15, -0.1) is 17.9 Å². The number of guanidine groups is 1. The van der Waals surface area contributed by atoms with Crippen LogP contribution in [0.2, 0.25) is 0 Å². The molecular weight excluding hydrogens is 559 g/mol. The molecule has 2 aliphatic heterocycles. The van der Waals surface area contributed by atoms with Gasteiger partial charge in [-0.1, -0.05) is 24.3 Å². The average Bonchev–Trinajstić information content (AvgIpc) is 2.87. The highest BCUT2D eigenvalue weighted by molar-refractivity contribution is 8.43. The zero-order chi connectivity index (χ0) is 28.9. The number of amides is 3. The number of nitrogens with one attached hydrogen (secondary N) is 3. The number of benzene rings is 1. The second-order valence-corrected chi connectivity index (χ2v) is 15.8. The van der Waals surface area contributed by atoms with E-state index in [1.807, 2.05) is 0 Å². The Morgan fingerprint density at radius 2 is 1.85 bits per heavy atom. The van der Waals surface area contributed by atoms with Gasteiger partial charge in [0.25, 0.3) is 0 Å². The van der Waals surface area contributed by atoms with E-state index in [9.17, 15) is 19.2 Å². The Kier molecular flexibility index (Phi) is 13.7. The van der Waals surface area contributed by atoms with E-state index in [1.165, 1.54) is 6.92 Å². The lowest BCUT2D eigenvalue weighted by Crippen LogP contribution is -2.56. The summed E-state index contributed by atoms with van der Waals surface area (Å²) in [4.78, 5) is 55.6. The summed E-state index contributed by atoms with van der Waals surface area (Å²) in [6.07, 6.45) is 4.70. The van der Waals surface area contributed by atoms with E-state index in [0.717, 1.165) is 5.56 Å². The largest absolute Gasteiger partial charge is 0.490 e. The maximum absolute atomic E-state index is 13.4. The van der Waals surface area contributed by atoms with E-state index in [2.05, 4.69) is 38.8 Å². The van der Waals surface area contributed by atoms with Gasteiger partial charge in [0.15, 0.2) is 11.7 Å². The zero-order valence-corrected chi connectivity index (χ0v) is 25.0. The SMILES string of the molecule is CC(=O)C(CCCN=C(N)N)NC(=O)C1Cc2ccc(cc2)OC/C=C/CC(N)C(=O)NC(P(P)P)C(=O)N1. The summed E-state index contributed by atoms with van der Waals surface area (Å²) in [6, 6.07) is 4.45. The van der Waals surface area contributed by atoms with Crippen LogP contribution in [0.1, 0.15) is 31.7 Å². The third-order valence-corrected chi connectivity index (χ3v) is 8.56. The van der Waals surface area contributed by atoms with Gasteiger partial charge in [0.1, 0.15) is 24.2 Å². The summed E-state index contributed by atoms with van der Waals surface area (Å²) in [6.45, 7) is 1.98. The van der Waals surface area contributed by atoms with Gasteiger partial charge in [0.05, 0.1) is 12.1 Å². The summed E-state index contributed by atoms with van der Waals surface area (Å²) in [5.74, 6) is -2.18. The topological polar surface area (TPSA) is 204 Å². The summed E-state index contributed by atoms with van der Waals surface area (Å²) in [5, 5.41) is 8.20. The molecule has 12 nitrogen and oxygen atoms in total. The van der Waals surface area contributed by atoms with E-state index in [-0.39, 0.29) is 24.6 Å². The molecule has 3 amide bonds. The number of nitrogens with two attached hydrogens (primary N) is 3. The minimum atomic E-state index is -1.14. The van der Waals surface area contributed by atoms with Gasteiger partial charge in [-0.25, -0.2) is 0 Å². The Bertz CT molecular complexity index is 1060.